The maximum absolute atomic E-state index is 12.0. The molecule has 1 atom stereocenters. The summed E-state index contributed by atoms with van der Waals surface area (Å²) in [6, 6.07) is 16.5. The molecule has 0 fully saturated rings. The van der Waals surface area contributed by atoms with Crippen molar-refractivity contribution >= 4 is 5.91 Å². The maximum atomic E-state index is 12.0. The van der Waals surface area contributed by atoms with E-state index in [0.717, 1.165) is 12.0 Å². The standard InChI is InChI=1S/C19H23NO/c1-14-9-11-18(13-15(14)2)16(3)20-19(21)12-10-17-7-5-4-6-8-17/h4-9,11,13,16H,10,12H2,1-3H3,(H,20,21)/t16-/m0/s1. The SMILES string of the molecule is Cc1ccc([C@H](C)NC(=O)CCc2ccccc2)cc1C. The second kappa shape index (κ2) is 7.07. The molecule has 2 aromatic rings. The summed E-state index contributed by atoms with van der Waals surface area (Å²) in [6.07, 6.45) is 1.31. The second-order valence-electron chi connectivity index (χ2n) is 5.62. The molecule has 0 bridgehead atoms. The summed E-state index contributed by atoms with van der Waals surface area (Å²) < 4.78 is 0. The van der Waals surface area contributed by atoms with Crippen molar-refractivity contribution in [3.63, 3.8) is 0 Å². The highest BCUT2D eigenvalue weighted by molar-refractivity contribution is 5.76. The summed E-state index contributed by atoms with van der Waals surface area (Å²) in [5, 5.41) is 3.07. The Kier molecular flexibility index (Phi) is 5.15. The van der Waals surface area contributed by atoms with Crippen LogP contribution in [-0.2, 0) is 11.2 Å². The zero-order valence-corrected chi connectivity index (χ0v) is 13.0. The highest BCUT2D eigenvalue weighted by Crippen LogP contribution is 2.17. The lowest BCUT2D eigenvalue weighted by Crippen LogP contribution is -2.26. The van der Waals surface area contributed by atoms with Crippen molar-refractivity contribution in [2.24, 2.45) is 0 Å². The van der Waals surface area contributed by atoms with Crippen molar-refractivity contribution in [1.29, 1.82) is 0 Å². The van der Waals surface area contributed by atoms with Crippen LogP contribution in [0.2, 0.25) is 0 Å². The number of carbonyl (C=O) groups excluding carboxylic acids is 1. The first-order valence-corrected chi connectivity index (χ1v) is 7.46. The monoisotopic (exact) mass is 281 g/mol. The predicted molar refractivity (Wildman–Crippen MR) is 87.2 cm³/mol. The van der Waals surface area contributed by atoms with Crippen LogP contribution in [0.25, 0.3) is 0 Å². The number of carbonyl (C=O) groups is 1. The molecule has 1 amide bonds. The van der Waals surface area contributed by atoms with E-state index in [4.69, 9.17) is 0 Å². The fraction of sp³-hybridized carbons (Fsp3) is 0.316. The van der Waals surface area contributed by atoms with Gasteiger partial charge in [0, 0.05) is 6.42 Å². The summed E-state index contributed by atoms with van der Waals surface area (Å²) in [7, 11) is 0. The van der Waals surface area contributed by atoms with Gasteiger partial charge in [0.2, 0.25) is 5.91 Å². The molecule has 0 unspecified atom stereocenters. The molecule has 0 spiro atoms. The van der Waals surface area contributed by atoms with E-state index in [-0.39, 0.29) is 11.9 Å². The van der Waals surface area contributed by atoms with E-state index in [1.165, 1.54) is 16.7 Å². The lowest BCUT2D eigenvalue weighted by atomic mass is 10.0. The topological polar surface area (TPSA) is 29.1 Å². The molecule has 21 heavy (non-hydrogen) atoms. The van der Waals surface area contributed by atoms with Crippen LogP contribution in [0.1, 0.15) is 41.6 Å². The van der Waals surface area contributed by atoms with Crippen LogP contribution < -0.4 is 5.32 Å². The Labute approximate surface area is 127 Å². The summed E-state index contributed by atoms with van der Waals surface area (Å²) in [4.78, 5) is 12.0. The average Bonchev–Trinajstić information content (AvgIpc) is 2.49. The van der Waals surface area contributed by atoms with Crippen LogP contribution in [-0.4, -0.2) is 5.91 Å². The molecule has 0 saturated heterocycles. The van der Waals surface area contributed by atoms with Crippen molar-refractivity contribution in [2.75, 3.05) is 0 Å². The van der Waals surface area contributed by atoms with Gasteiger partial charge in [-0.15, -0.1) is 0 Å². The van der Waals surface area contributed by atoms with Gasteiger partial charge in [-0.25, -0.2) is 0 Å². The molecule has 0 saturated carbocycles. The molecule has 110 valence electrons. The number of hydrogen-bond donors (Lipinski definition) is 1. The number of amides is 1. The van der Waals surface area contributed by atoms with Gasteiger partial charge in [-0.2, -0.15) is 0 Å². The van der Waals surface area contributed by atoms with Gasteiger partial charge < -0.3 is 5.32 Å². The minimum Gasteiger partial charge on any atom is -0.350 e. The molecule has 0 radical (unpaired) electrons. The first-order valence-electron chi connectivity index (χ1n) is 7.46. The maximum Gasteiger partial charge on any atom is 0.220 e. The summed E-state index contributed by atoms with van der Waals surface area (Å²) in [5.74, 6) is 0.101. The quantitative estimate of drug-likeness (QED) is 0.878. The Hall–Kier alpha value is -2.09. The van der Waals surface area contributed by atoms with Gasteiger partial charge >= 0.3 is 0 Å². The Morgan fingerprint density at radius 1 is 1.05 bits per heavy atom. The van der Waals surface area contributed by atoms with Crippen molar-refractivity contribution < 1.29 is 4.79 Å². The molecule has 0 heterocycles. The first kappa shape index (κ1) is 15.3. The molecular formula is C19H23NO. The average molecular weight is 281 g/mol. The Balaban J connectivity index is 1.88. The van der Waals surface area contributed by atoms with E-state index < -0.39 is 0 Å². The van der Waals surface area contributed by atoms with Gasteiger partial charge in [0.1, 0.15) is 0 Å². The third-order valence-electron chi connectivity index (χ3n) is 3.89. The molecule has 2 aromatic carbocycles. The van der Waals surface area contributed by atoms with Gasteiger partial charge in [-0.3, -0.25) is 4.79 Å². The largest absolute Gasteiger partial charge is 0.350 e. The smallest absolute Gasteiger partial charge is 0.220 e. The van der Waals surface area contributed by atoms with Gasteiger partial charge in [-0.1, -0.05) is 48.5 Å². The van der Waals surface area contributed by atoms with E-state index in [2.05, 4.69) is 49.5 Å². The van der Waals surface area contributed by atoms with E-state index in [9.17, 15) is 4.79 Å². The fourth-order valence-corrected chi connectivity index (χ4v) is 2.33. The number of benzene rings is 2. The first-order chi connectivity index (χ1) is 10.1. The second-order valence-corrected chi connectivity index (χ2v) is 5.62. The van der Waals surface area contributed by atoms with Crippen LogP contribution in [0.5, 0.6) is 0 Å². The molecule has 2 heteroatoms. The van der Waals surface area contributed by atoms with Crippen molar-refractivity contribution in [3.8, 4) is 0 Å². The zero-order chi connectivity index (χ0) is 15.2. The summed E-state index contributed by atoms with van der Waals surface area (Å²) in [5.41, 5.74) is 4.90. The van der Waals surface area contributed by atoms with E-state index in [1.54, 1.807) is 0 Å². The minimum atomic E-state index is 0.0487. The molecule has 0 aliphatic heterocycles. The number of aryl methyl sites for hydroxylation is 3. The van der Waals surface area contributed by atoms with Crippen molar-refractivity contribution in [2.45, 2.75) is 39.7 Å². The lowest BCUT2D eigenvalue weighted by molar-refractivity contribution is -0.121. The van der Waals surface area contributed by atoms with E-state index in [1.807, 2.05) is 25.1 Å². The fourth-order valence-electron chi connectivity index (χ4n) is 2.33. The molecule has 0 aliphatic rings. The molecular weight excluding hydrogens is 258 g/mol. The third kappa shape index (κ3) is 4.45. The normalized spacial score (nSPS) is 12.0. The number of hydrogen-bond acceptors (Lipinski definition) is 1. The molecule has 0 aliphatic carbocycles. The molecule has 2 rings (SSSR count). The van der Waals surface area contributed by atoms with Crippen LogP contribution in [0.15, 0.2) is 48.5 Å². The lowest BCUT2D eigenvalue weighted by Gasteiger charge is -2.15. The highest BCUT2D eigenvalue weighted by atomic mass is 16.1. The van der Waals surface area contributed by atoms with E-state index >= 15 is 0 Å². The Morgan fingerprint density at radius 2 is 1.76 bits per heavy atom. The Morgan fingerprint density at radius 3 is 2.43 bits per heavy atom. The third-order valence-corrected chi connectivity index (χ3v) is 3.89. The molecule has 0 aromatic heterocycles. The zero-order valence-electron chi connectivity index (χ0n) is 13.0. The predicted octanol–water partition coefficient (Wildman–Crippen LogP) is 4.11. The van der Waals surface area contributed by atoms with E-state index in [0.29, 0.717) is 6.42 Å². The van der Waals surface area contributed by atoms with Crippen LogP contribution in [0, 0.1) is 13.8 Å². The van der Waals surface area contributed by atoms with Crippen LogP contribution in [0.3, 0.4) is 0 Å². The van der Waals surface area contributed by atoms with Crippen molar-refractivity contribution in [3.05, 3.63) is 70.8 Å². The number of rotatable bonds is 5. The van der Waals surface area contributed by atoms with Gasteiger partial charge in [0.15, 0.2) is 0 Å². The van der Waals surface area contributed by atoms with Gasteiger partial charge in [0.05, 0.1) is 6.04 Å². The molecule has 2 nitrogen and oxygen atoms in total. The van der Waals surface area contributed by atoms with Crippen LogP contribution >= 0.6 is 0 Å². The van der Waals surface area contributed by atoms with Gasteiger partial charge in [0.25, 0.3) is 0 Å². The number of nitrogens with one attached hydrogen (secondary N) is 1. The minimum absolute atomic E-state index is 0.0487. The summed E-state index contributed by atoms with van der Waals surface area (Å²) >= 11 is 0. The Bertz CT molecular complexity index is 604. The van der Waals surface area contributed by atoms with Crippen LogP contribution in [0.4, 0.5) is 0 Å². The summed E-state index contributed by atoms with van der Waals surface area (Å²) in [6.45, 7) is 6.23. The van der Waals surface area contributed by atoms with Gasteiger partial charge in [-0.05, 0) is 49.4 Å². The molecule has 1 N–H and O–H groups in total. The highest BCUT2D eigenvalue weighted by Gasteiger charge is 2.10. The van der Waals surface area contributed by atoms with Crippen molar-refractivity contribution in [1.82, 2.24) is 5.32 Å².